The Bertz CT molecular complexity index is 565. The zero-order valence-electron chi connectivity index (χ0n) is 10.2. The molecule has 0 saturated heterocycles. The van der Waals surface area contributed by atoms with E-state index in [1.807, 2.05) is 0 Å². The van der Waals surface area contributed by atoms with E-state index >= 15 is 0 Å². The van der Waals surface area contributed by atoms with Gasteiger partial charge >= 0.3 is 0 Å². The molecule has 2 atom stereocenters. The van der Waals surface area contributed by atoms with Crippen molar-refractivity contribution in [3.63, 3.8) is 0 Å². The van der Waals surface area contributed by atoms with E-state index in [-0.39, 0.29) is 11.1 Å². The first kappa shape index (κ1) is 13.2. The van der Waals surface area contributed by atoms with Gasteiger partial charge in [-0.25, -0.2) is 17.6 Å². The second-order valence-corrected chi connectivity index (χ2v) is 6.63. The molecule has 0 aromatic heterocycles. The van der Waals surface area contributed by atoms with Crippen LogP contribution in [0.15, 0.2) is 12.2 Å². The standard InChI is InChI=1S/C14H11BrF4/c1-5(2)14(15)6-3-4-7(14)9-8(6)10(16)12(18)13(19)11(9)17/h6-7H,1,3-4H2,2H3/t6-,7-/m1/s1. The molecular formula is C14H11BrF4. The topological polar surface area (TPSA) is 0 Å². The van der Waals surface area contributed by atoms with Crippen LogP contribution in [0, 0.1) is 23.3 Å². The van der Waals surface area contributed by atoms with Crippen molar-refractivity contribution in [1.29, 1.82) is 0 Å². The van der Waals surface area contributed by atoms with Crippen LogP contribution in [-0.4, -0.2) is 4.32 Å². The molecule has 0 spiro atoms. The van der Waals surface area contributed by atoms with Crippen LogP contribution in [0.25, 0.3) is 0 Å². The van der Waals surface area contributed by atoms with Crippen molar-refractivity contribution in [2.24, 2.45) is 0 Å². The van der Waals surface area contributed by atoms with Gasteiger partial charge in [0.1, 0.15) is 0 Å². The number of fused-ring (bicyclic) bond motifs is 5. The van der Waals surface area contributed by atoms with Crippen LogP contribution in [0.4, 0.5) is 17.6 Å². The summed E-state index contributed by atoms with van der Waals surface area (Å²) >= 11 is 3.52. The van der Waals surface area contributed by atoms with Gasteiger partial charge in [0.15, 0.2) is 23.3 Å². The summed E-state index contributed by atoms with van der Waals surface area (Å²) < 4.78 is 54.0. The first-order valence-electron chi connectivity index (χ1n) is 6.02. The van der Waals surface area contributed by atoms with E-state index < -0.39 is 39.4 Å². The monoisotopic (exact) mass is 334 g/mol. The number of alkyl halides is 1. The average molecular weight is 335 g/mol. The molecule has 0 nitrogen and oxygen atoms in total. The quantitative estimate of drug-likeness (QED) is 0.224. The highest BCUT2D eigenvalue weighted by Gasteiger charge is 2.59. The highest BCUT2D eigenvalue weighted by atomic mass is 79.9. The van der Waals surface area contributed by atoms with Gasteiger partial charge in [0.05, 0.1) is 4.32 Å². The first-order valence-corrected chi connectivity index (χ1v) is 6.81. The van der Waals surface area contributed by atoms with Gasteiger partial charge in [-0.15, -0.1) is 0 Å². The predicted molar refractivity (Wildman–Crippen MR) is 67.5 cm³/mol. The molecule has 102 valence electrons. The zero-order valence-corrected chi connectivity index (χ0v) is 11.8. The van der Waals surface area contributed by atoms with Crippen LogP contribution in [0.5, 0.6) is 0 Å². The lowest BCUT2D eigenvalue weighted by molar-refractivity contribution is 0.394. The van der Waals surface area contributed by atoms with Gasteiger partial charge in [-0.2, -0.15) is 0 Å². The summed E-state index contributed by atoms with van der Waals surface area (Å²) in [5, 5.41) is 0. The molecule has 19 heavy (non-hydrogen) atoms. The summed E-state index contributed by atoms with van der Waals surface area (Å²) in [4.78, 5) is 0. The van der Waals surface area contributed by atoms with Crippen molar-refractivity contribution in [3.8, 4) is 0 Å². The Hall–Kier alpha value is -0.840. The summed E-state index contributed by atoms with van der Waals surface area (Å²) in [6.45, 7) is 5.62. The van der Waals surface area contributed by atoms with Crippen LogP contribution >= 0.6 is 15.9 Å². The van der Waals surface area contributed by atoms with Gasteiger partial charge in [-0.1, -0.05) is 28.1 Å². The van der Waals surface area contributed by atoms with E-state index in [2.05, 4.69) is 22.5 Å². The van der Waals surface area contributed by atoms with Crippen LogP contribution in [0.3, 0.4) is 0 Å². The molecule has 1 aromatic rings. The molecule has 0 aliphatic heterocycles. The lowest BCUT2D eigenvalue weighted by atomic mass is 9.88. The summed E-state index contributed by atoms with van der Waals surface area (Å²) in [5.74, 6) is -6.75. The molecule has 0 unspecified atom stereocenters. The van der Waals surface area contributed by atoms with Crippen molar-refractivity contribution >= 4 is 15.9 Å². The van der Waals surface area contributed by atoms with Crippen molar-refractivity contribution < 1.29 is 17.6 Å². The molecule has 0 N–H and O–H groups in total. The third-order valence-electron chi connectivity index (χ3n) is 4.45. The van der Waals surface area contributed by atoms with Crippen LogP contribution < -0.4 is 0 Å². The first-order chi connectivity index (χ1) is 8.81. The fourth-order valence-corrected chi connectivity index (χ4v) is 4.56. The summed E-state index contributed by atoms with van der Waals surface area (Å²) in [6, 6.07) is 0. The summed E-state index contributed by atoms with van der Waals surface area (Å²) in [6.07, 6.45) is 1.22. The Morgan fingerprint density at radius 3 is 1.68 bits per heavy atom. The van der Waals surface area contributed by atoms with Gasteiger partial charge in [-0.3, -0.25) is 0 Å². The van der Waals surface area contributed by atoms with E-state index in [0.717, 1.165) is 5.57 Å². The molecule has 1 aromatic carbocycles. The van der Waals surface area contributed by atoms with Gasteiger partial charge in [0.2, 0.25) is 0 Å². The summed E-state index contributed by atoms with van der Waals surface area (Å²) in [7, 11) is 0. The van der Waals surface area contributed by atoms with Crippen molar-refractivity contribution in [3.05, 3.63) is 46.5 Å². The maximum Gasteiger partial charge on any atom is 0.197 e. The predicted octanol–water partition coefficient (Wildman–Crippen LogP) is 4.93. The van der Waals surface area contributed by atoms with E-state index in [4.69, 9.17) is 0 Å². The molecule has 3 rings (SSSR count). The largest absolute Gasteiger partial charge is 0.203 e. The van der Waals surface area contributed by atoms with E-state index in [0.29, 0.717) is 12.8 Å². The normalized spacial score (nSPS) is 31.7. The van der Waals surface area contributed by atoms with E-state index in [9.17, 15) is 17.6 Å². The van der Waals surface area contributed by atoms with Gasteiger partial charge < -0.3 is 0 Å². The molecule has 1 saturated carbocycles. The molecule has 2 aliphatic carbocycles. The molecule has 0 amide bonds. The van der Waals surface area contributed by atoms with E-state index in [1.165, 1.54) is 0 Å². The molecule has 5 heteroatoms. The zero-order chi connectivity index (χ0) is 14.1. The van der Waals surface area contributed by atoms with Gasteiger partial charge in [-0.05, 0) is 19.8 Å². The van der Waals surface area contributed by atoms with Crippen molar-refractivity contribution in [2.45, 2.75) is 35.9 Å². The van der Waals surface area contributed by atoms with Gasteiger partial charge in [0, 0.05) is 23.0 Å². The maximum atomic E-state index is 14.0. The smallest absolute Gasteiger partial charge is 0.197 e. The van der Waals surface area contributed by atoms with Crippen LogP contribution in [0.2, 0.25) is 0 Å². The van der Waals surface area contributed by atoms with Crippen LogP contribution in [-0.2, 0) is 0 Å². The highest BCUT2D eigenvalue weighted by Crippen LogP contribution is 2.67. The molecule has 0 heterocycles. The van der Waals surface area contributed by atoms with Crippen LogP contribution in [0.1, 0.15) is 42.7 Å². The minimum Gasteiger partial charge on any atom is -0.203 e. The maximum absolute atomic E-state index is 14.0. The number of halogens is 5. The minimum absolute atomic E-state index is 0.0208. The highest BCUT2D eigenvalue weighted by molar-refractivity contribution is 9.10. The fourth-order valence-electron chi connectivity index (χ4n) is 3.65. The molecular weight excluding hydrogens is 324 g/mol. The lowest BCUT2D eigenvalue weighted by Gasteiger charge is -2.28. The number of hydrogen-bond donors (Lipinski definition) is 0. The molecule has 1 fully saturated rings. The minimum atomic E-state index is -1.72. The molecule has 2 bridgehead atoms. The van der Waals surface area contributed by atoms with Gasteiger partial charge in [0.25, 0.3) is 0 Å². The molecule has 2 aliphatic rings. The lowest BCUT2D eigenvalue weighted by Crippen LogP contribution is -2.25. The number of rotatable bonds is 1. The second kappa shape index (κ2) is 3.84. The Morgan fingerprint density at radius 1 is 1.00 bits per heavy atom. The fraction of sp³-hybridized carbons (Fsp3) is 0.429. The number of allylic oxidation sites excluding steroid dienone is 1. The third-order valence-corrected chi connectivity index (χ3v) is 6.23. The Labute approximate surface area is 116 Å². The Balaban J connectivity index is 2.35. The molecule has 0 radical (unpaired) electrons. The SMILES string of the molecule is C=C(C)C1(Br)[C@@H]2CC[C@@H]1c1c(F)c(F)c(F)c(F)c12. The van der Waals surface area contributed by atoms with Crippen molar-refractivity contribution in [2.75, 3.05) is 0 Å². The van der Waals surface area contributed by atoms with E-state index in [1.54, 1.807) is 6.92 Å². The summed E-state index contributed by atoms with van der Waals surface area (Å²) in [5.41, 5.74) is 0.677. The number of hydrogen-bond acceptors (Lipinski definition) is 0. The number of benzene rings is 1. The second-order valence-electron chi connectivity index (χ2n) is 5.31. The average Bonchev–Trinajstić information content (AvgIpc) is 2.84. The Morgan fingerprint density at radius 2 is 1.37 bits per heavy atom. The Kier molecular flexibility index (Phi) is 2.66. The third kappa shape index (κ3) is 1.34. The van der Waals surface area contributed by atoms with Crippen molar-refractivity contribution in [1.82, 2.24) is 0 Å².